The zero-order valence-corrected chi connectivity index (χ0v) is 14.6. The fourth-order valence-electron chi connectivity index (χ4n) is 3.09. The van der Waals surface area contributed by atoms with Gasteiger partial charge < -0.3 is 19.7 Å². The quantitative estimate of drug-likeness (QED) is 0.860. The second-order valence-corrected chi connectivity index (χ2v) is 5.89. The molecular formula is C17H25N5O2. The van der Waals surface area contributed by atoms with Crippen molar-refractivity contribution in [3.05, 3.63) is 35.2 Å². The molecule has 7 heteroatoms. The summed E-state index contributed by atoms with van der Waals surface area (Å²) in [5.41, 5.74) is 3.28. The molecule has 7 nitrogen and oxygen atoms in total. The summed E-state index contributed by atoms with van der Waals surface area (Å²) in [7, 11) is 3.57. The number of morpholine rings is 1. The number of nitrogens with one attached hydrogen (secondary N) is 1. The highest BCUT2D eigenvalue weighted by Crippen LogP contribution is 2.22. The molecule has 0 saturated carbocycles. The first-order valence-electron chi connectivity index (χ1n) is 8.24. The summed E-state index contributed by atoms with van der Waals surface area (Å²) in [6.07, 6.45) is 1.85. The van der Waals surface area contributed by atoms with Crippen molar-refractivity contribution in [3.63, 3.8) is 0 Å². The topological polar surface area (TPSA) is 64.4 Å². The molecule has 0 radical (unpaired) electrons. The number of hydrogen-bond donors (Lipinski definition) is 1. The van der Waals surface area contributed by atoms with Gasteiger partial charge in [0.25, 0.3) is 0 Å². The molecule has 1 aliphatic heterocycles. The standard InChI is InChI=1S/C17H25N5O2/c1-13-15(17(23-3)21(2)20-13)12-18-11-14-5-4-6-19-16(14)22-7-9-24-10-8-22/h4-6,18H,7-12H2,1-3H3. The van der Waals surface area contributed by atoms with Crippen molar-refractivity contribution in [2.24, 2.45) is 7.05 Å². The van der Waals surface area contributed by atoms with Crippen LogP contribution in [0.2, 0.25) is 0 Å². The van der Waals surface area contributed by atoms with Gasteiger partial charge in [0.05, 0.1) is 31.6 Å². The number of rotatable bonds is 6. The Labute approximate surface area is 142 Å². The van der Waals surface area contributed by atoms with E-state index in [-0.39, 0.29) is 0 Å². The maximum atomic E-state index is 5.44. The van der Waals surface area contributed by atoms with Crippen molar-refractivity contribution in [3.8, 4) is 5.88 Å². The van der Waals surface area contributed by atoms with Gasteiger partial charge in [-0.15, -0.1) is 0 Å². The molecule has 3 rings (SSSR count). The maximum absolute atomic E-state index is 5.44. The second kappa shape index (κ2) is 7.63. The van der Waals surface area contributed by atoms with E-state index in [0.717, 1.165) is 55.8 Å². The molecule has 0 unspecified atom stereocenters. The van der Waals surface area contributed by atoms with Crippen LogP contribution < -0.4 is 15.0 Å². The molecule has 0 amide bonds. The number of hydrogen-bond acceptors (Lipinski definition) is 6. The predicted molar refractivity (Wildman–Crippen MR) is 92.3 cm³/mol. The Kier molecular flexibility index (Phi) is 5.32. The maximum Gasteiger partial charge on any atom is 0.216 e. The fraction of sp³-hybridized carbons (Fsp3) is 0.529. The smallest absolute Gasteiger partial charge is 0.216 e. The molecule has 3 heterocycles. The number of aromatic nitrogens is 3. The van der Waals surface area contributed by atoms with Gasteiger partial charge in [0.1, 0.15) is 5.82 Å². The van der Waals surface area contributed by atoms with Crippen LogP contribution in [0, 0.1) is 6.92 Å². The van der Waals surface area contributed by atoms with Crippen molar-refractivity contribution in [1.82, 2.24) is 20.1 Å². The third kappa shape index (κ3) is 3.52. The average molecular weight is 331 g/mol. The lowest BCUT2D eigenvalue weighted by molar-refractivity contribution is 0.122. The third-order valence-corrected chi connectivity index (χ3v) is 4.28. The summed E-state index contributed by atoms with van der Waals surface area (Å²) in [5.74, 6) is 1.85. The van der Waals surface area contributed by atoms with E-state index in [1.807, 2.05) is 26.2 Å². The van der Waals surface area contributed by atoms with E-state index >= 15 is 0 Å². The van der Waals surface area contributed by atoms with Crippen molar-refractivity contribution < 1.29 is 9.47 Å². The number of ether oxygens (including phenoxy) is 2. The van der Waals surface area contributed by atoms with E-state index in [2.05, 4.69) is 26.4 Å². The van der Waals surface area contributed by atoms with Gasteiger partial charge in [0.2, 0.25) is 5.88 Å². The van der Waals surface area contributed by atoms with Crippen LogP contribution in [-0.2, 0) is 24.9 Å². The molecule has 1 aliphatic rings. The molecule has 2 aromatic heterocycles. The fourth-order valence-corrected chi connectivity index (χ4v) is 3.09. The van der Waals surface area contributed by atoms with Crippen LogP contribution in [-0.4, -0.2) is 48.2 Å². The second-order valence-electron chi connectivity index (χ2n) is 5.89. The van der Waals surface area contributed by atoms with E-state index in [1.54, 1.807) is 11.8 Å². The van der Waals surface area contributed by atoms with Gasteiger partial charge in [-0.25, -0.2) is 9.67 Å². The van der Waals surface area contributed by atoms with Crippen LogP contribution in [0.1, 0.15) is 16.8 Å². The molecule has 2 aromatic rings. The van der Waals surface area contributed by atoms with Crippen LogP contribution in [0.4, 0.5) is 5.82 Å². The van der Waals surface area contributed by atoms with Gasteiger partial charge in [0.15, 0.2) is 0 Å². The first kappa shape index (κ1) is 16.7. The molecule has 0 spiro atoms. The van der Waals surface area contributed by atoms with Gasteiger partial charge in [-0.1, -0.05) is 6.07 Å². The third-order valence-electron chi connectivity index (χ3n) is 4.28. The Morgan fingerprint density at radius 3 is 2.83 bits per heavy atom. The summed E-state index contributed by atoms with van der Waals surface area (Å²) in [4.78, 5) is 6.86. The molecule has 0 aliphatic carbocycles. The molecule has 24 heavy (non-hydrogen) atoms. The Morgan fingerprint density at radius 1 is 1.29 bits per heavy atom. The monoisotopic (exact) mass is 331 g/mol. The number of aryl methyl sites for hydroxylation is 2. The molecule has 0 bridgehead atoms. The van der Waals surface area contributed by atoms with Crippen molar-refractivity contribution in [1.29, 1.82) is 0 Å². The zero-order valence-electron chi connectivity index (χ0n) is 14.6. The SMILES string of the molecule is COc1c(CNCc2cccnc2N2CCOCC2)c(C)nn1C. The van der Waals surface area contributed by atoms with Crippen LogP contribution in [0.3, 0.4) is 0 Å². The van der Waals surface area contributed by atoms with Crippen LogP contribution >= 0.6 is 0 Å². The highest BCUT2D eigenvalue weighted by Gasteiger charge is 2.17. The number of anilines is 1. The molecule has 0 aromatic carbocycles. The number of nitrogens with zero attached hydrogens (tertiary/aromatic N) is 4. The van der Waals surface area contributed by atoms with Gasteiger partial charge in [-0.2, -0.15) is 5.10 Å². The van der Waals surface area contributed by atoms with Gasteiger partial charge >= 0.3 is 0 Å². The minimum absolute atomic E-state index is 0.709. The lowest BCUT2D eigenvalue weighted by atomic mass is 10.2. The summed E-state index contributed by atoms with van der Waals surface area (Å²) < 4.78 is 12.7. The molecule has 1 fully saturated rings. The molecular weight excluding hydrogens is 306 g/mol. The normalized spacial score (nSPS) is 14.9. The predicted octanol–water partition coefficient (Wildman–Crippen LogP) is 1.26. The van der Waals surface area contributed by atoms with E-state index < -0.39 is 0 Å². The van der Waals surface area contributed by atoms with Gasteiger partial charge in [-0.05, 0) is 13.0 Å². The Bertz CT molecular complexity index is 680. The van der Waals surface area contributed by atoms with E-state index in [0.29, 0.717) is 6.54 Å². The minimum atomic E-state index is 0.709. The molecule has 130 valence electrons. The van der Waals surface area contributed by atoms with Gasteiger partial charge in [0, 0.05) is 45.0 Å². The van der Waals surface area contributed by atoms with Crippen molar-refractivity contribution in [2.75, 3.05) is 38.3 Å². The average Bonchev–Trinajstić information content (AvgIpc) is 2.89. The summed E-state index contributed by atoms with van der Waals surface area (Å²) >= 11 is 0. The van der Waals surface area contributed by atoms with E-state index in [9.17, 15) is 0 Å². The summed E-state index contributed by atoms with van der Waals surface area (Å²) in [6.45, 7) is 6.76. The van der Waals surface area contributed by atoms with E-state index in [1.165, 1.54) is 5.56 Å². The highest BCUT2D eigenvalue weighted by atomic mass is 16.5. The summed E-state index contributed by atoms with van der Waals surface area (Å²) in [5, 5.41) is 7.91. The van der Waals surface area contributed by atoms with E-state index in [4.69, 9.17) is 9.47 Å². The van der Waals surface area contributed by atoms with Crippen molar-refractivity contribution in [2.45, 2.75) is 20.0 Å². The van der Waals surface area contributed by atoms with Crippen LogP contribution in [0.15, 0.2) is 18.3 Å². The Morgan fingerprint density at radius 2 is 2.08 bits per heavy atom. The van der Waals surface area contributed by atoms with Crippen LogP contribution in [0.5, 0.6) is 5.88 Å². The molecule has 1 saturated heterocycles. The Balaban J connectivity index is 1.67. The summed E-state index contributed by atoms with van der Waals surface area (Å²) in [6, 6.07) is 4.11. The first-order valence-corrected chi connectivity index (χ1v) is 8.24. The largest absolute Gasteiger partial charge is 0.481 e. The minimum Gasteiger partial charge on any atom is -0.481 e. The lowest BCUT2D eigenvalue weighted by Gasteiger charge is -2.29. The zero-order chi connectivity index (χ0) is 16.9. The molecule has 0 atom stereocenters. The first-order chi connectivity index (χ1) is 11.7. The lowest BCUT2D eigenvalue weighted by Crippen LogP contribution is -2.37. The van der Waals surface area contributed by atoms with Crippen LogP contribution in [0.25, 0.3) is 0 Å². The Hall–Kier alpha value is -2.12. The highest BCUT2D eigenvalue weighted by molar-refractivity contribution is 5.47. The number of pyridine rings is 1. The van der Waals surface area contributed by atoms with Gasteiger partial charge in [-0.3, -0.25) is 0 Å². The van der Waals surface area contributed by atoms with Crippen molar-refractivity contribution >= 4 is 5.82 Å². The molecule has 1 N–H and O–H groups in total. The number of methoxy groups -OCH3 is 1.